The largest absolute Gasteiger partial charge is 0.338 e. The molecule has 0 fully saturated rings. The van der Waals surface area contributed by atoms with Crippen molar-refractivity contribution in [2.75, 3.05) is 5.32 Å². The van der Waals surface area contributed by atoms with Gasteiger partial charge in [0, 0.05) is 33.3 Å². The molecule has 0 saturated carbocycles. The molecule has 5 heteroatoms. The number of halogens is 1. The Morgan fingerprint density at radius 1 is 1.60 bits per heavy atom. The number of amides is 1. The number of anilines is 1. The third-order valence-corrected chi connectivity index (χ3v) is 1.87. The van der Waals surface area contributed by atoms with Crippen LogP contribution in [-0.2, 0) is 10.2 Å². The average molecular weight is 271 g/mol. The number of aromatic nitrogens is 1. The van der Waals surface area contributed by atoms with Crippen LogP contribution in [0.3, 0.4) is 0 Å². The second kappa shape index (κ2) is 4.49. The molecule has 80 valence electrons. The Morgan fingerprint density at radius 2 is 2.27 bits per heavy atom. The van der Waals surface area contributed by atoms with E-state index in [2.05, 4.69) is 37.2 Å². The summed E-state index contributed by atoms with van der Waals surface area (Å²) in [6, 6.07) is 1.69. The summed E-state index contributed by atoms with van der Waals surface area (Å²) in [5.74, 6) is 2.14. The first-order valence-electron chi connectivity index (χ1n) is 4.33. The van der Waals surface area contributed by atoms with Gasteiger partial charge in [-0.1, -0.05) is 25.9 Å². The fraction of sp³-hybridized carbons (Fsp3) is 0.400. The highest BCUT2D eigenvalue weighted by Crippen LogP contribution is 2.23. The summed E-state index contributed by atoms with van der Waals surface area (Å²) in [7, 11) is 0. The Morgan fingerprint density at radius 3 is 2.73 bits per heavy atom. The van der Waals surface area contributed by atoms with Crippen LogP contribution in [0.5, 0.6) is 0 Å². The summed E-state index contributed by atoms with van der Waals surface area (Å²) >= 11 is 2.83. The molecule has 0 bridgehead atoms. The third kappa shape index (κ3) is 3.40. The summed E-state index contributed by atoms with van der Waals surface area (Å²) in [4.78, 5) is 13.4. The van der Waals surface area contributed by atoms with Crippen molar-refractivity contribution in [3.63, 3.8) is 0 Å². The van der Waals surface area contributed by atoms with Gasteiger partial charge >= 0.3 is 5.91 Å². The molecule has 0 aliphatic rings. The van der Waals surface area contributed by atoms with E-state index in [1.54, 1.807) is 6.07 Å². The lowest BCUT2D eigenvalue weighted by molar-refractivity contribution is -0.111. The molecular weight excluding hydrogens is 260 g/mol. The number of carbonyl (C=O) groups is 1. The van der Waals surface area contributed by atoms with Crippen LogP contribution < -0.4 is 5.32 Å². The van der Waals surface area contributed by atoms with Crippen LogP contribution in [0.25, 0.3) is 0 Å². The van der Waals surface area contributed by atoms with Crippen molar-refractivity contribution < 1.29 is 9.32 Å². The van der Waals surface area contributed by atoms with Crippen molar-refractivity contribution in [1.29, 1.82) is 0 Å². The molecular formula is C10H11BrN2O2. The van der Waals surface area contributed by atoms with Crippen LogP contribution in [0.15, 0.2) is 10.6 Å². The van der Waals surface area contributed by atoms with E-state index in [0.29, 0.717) is 5.88 Å². The lowest BCUT2D eigenvalue weighted by Crippen LogP contribution is -2.11. The van der Waals surface area contributed by atoms with Crippen molar-refractivity contribution >= 4 is 27.7 Å². The molecule has 1 amide bonds. The van der Waals surface area contributed by atoms with Crippen LogP contribution in [0, 0.1) is 10.8 Å². The average Bonchev–Trinajstić information content (AvgIpc) is 2.52. The van der Waals surface area contributed by atoms with Crippen LogP contribution in [0.2, 0.25) is 0 Å². The fourth-order valence-corrected chi connectivity index (χ4v) is 1.05. The summed E-state index contributed by atoms with van der Waals surface area (Å²) in [6.07, 6.45) is 0. The molecule has 0 saturated heterocycles. The molecule has 1 aromatic rings. The molecule has 1 aromatic heterocycles. The molecule has 0 spiro atoms. The standard InChI is InChI=1S/C10H11BrN2O2/c1-10(2,3)7-6-9(15-13-7)12-8(14)4-5-11/h6H,1-3H3,(H,12,14). The number of nitrogens with zero attached hydrogens (tertiary/aromatic N) is 1. The van der Waals surface area contributed by atoms with Gasteiger partial charge < -0.3 is 4.52 Å². The fourth-order valence-electron chi connectivity index (χ4n) is 0.874. The number of nitrogens with one attached hydrogen (secondary N) is 1. The van der Waals surface area contributed by atoms with Gasteiger partial charge in [0.1, 0.15) is 0 Å². The second-order valence-electron chi connectivity index (χ2n) is 4.00. The molecule has 0 aliphatic heterocycles. The highest BCUT2D eigenvalue weighted by molar-refractivity contribution is 9.12. The molecule has 1 rings (SSSR count). The molecule has 0 radical (unpaired) electrons. The SMILES string of the molecule is CC(C)(C)c1cc(NC(=O)C#CBr)on1. The van der Waals surface area contributed by atoms with Gasteiger partial charge in [0.2, 0.25) is 5.88 Å². The first kappa shape index (κ1) is 11.8. The third-order valence-electron chi connectivity index (χ3n) is 1.68. The normalized spacial score (nSPS) is 10.4. The van der Waals surface area contributed by atoms with Gasteiger partial charge in [-0.2, -0.15) is 0 Å². The predicted molar refractivity (Wildman–Crippen MR) is 60.5 cm³/mol. The molecule has 0 aromatic carbocycles. The van der Waals surface area contributed by atoms with E-state index in [9.17, 15) is 4.79 Å². The number of carbonyl (C=O) groups excluding carboxylic acids is 1. The minimum atomic E-state index is -0.441. The lowest BCUT2D eigenvalue weighted by Gasteiger charge is -2.12. The number of hydrogen-bond donors (Lipinski definition) is 1. The van der Waals surface area contributed by atoms with E-state index in [1.807, 2.05) is 20.8 Å². The van der Waals surface area contributed by atoms with Crippen molar-refractivity contribution in [3.8, 4) is 10.8 Å². The summed E-state index contributed by atoms with van der Waals surface area (Å²) in [5, 5.41) is 6.31. The van der Waals surface area contributed by atoms with Gasteiger partial charge in [-0.05, 0) is 4.83 Å². The smallest absolute Gasteiger partial charge is 0.303 e. The van der Waals surface area contributed by atoms with E-state index >= 15 is 0 Å². The molecule has 0 unspecified atom stereocenters. The predicted octanol–water partition coefficient (Wildman–Crippen LogP) is 2.27. The topological polar surface area (TPSA) is 55.1 Å². The van der Waals surface area contributed by atoms with Gasteiger partial charge in [0.25, 0.3) is 0 Å². The molecule has 4 nitrogen and oxygen atoms in total. The maximum Gasteiger partial charge on any atom is 0.303 e. The molecule has 0 aliphatic carbocycles. The summed E-state index contributed by atoms with van der Waals surface area (Å²) < 4.78 is 4.94. The van der Waals surface area contributed by atoms with Crippen molar-refractivity contribution in [3.05, 3.63) is 11.8 Å². The highest BCUT2D eigenvalue weighted by atomic mass is 79.9. The summed E-state index contributed by atoms with van der Waals surface area (Å²) in [6.45, 7) is 6.03. The Labute approximate surface area is 96.5 Å². The van der Waals surface area contributed by atoms with Gasteiger partial charge in [0.05, 0.1) is 5.69 Å². The maximum absolute atomic E-state index is 11.1. The molecule has 1 heterocycles. The lowest BCUT2D eigenvalue weighted by atomic mass is 9.92. The second-order valence-corrected chi connectivity index (χ2v) is 4.40. The van der Waals surface area contributed by atoms with E-state index < -0.39 is 5.91 Å². The zero-order valence-electron chi connectivity index (χ0n) is 8.72. The van der Waals surface area contributed by atoms with E-state index in [0.717, 1.165) is 5.69 Å². The van der Waals surface area contributed by atoms with E-state index in [1.165, 1.54) is 0 Å². The zero-order valence-corrected chi connectivity index (χ0v) is 10.3. The minimum Gasteiger partial charge on any atom is -0.338 e. The van der Waals surface area contributed by atoms with Crippen LogP contribution in [0.4, 0.5) is 5.88 Å². The maximum atomic E-state index is 11.1. The van der Waals surface area contributed by atoms with Gasteiger partial charge in [0.15, 0.2) is 0 Å². The van der Waals surface area contributed by atoms with Gasteiger partial charge in [-0.3, -0.25) is 10.1 Å². The molecule has 1 N–H and O–H groups in total. The van der Waals surface area contributed by atoms with Crippen LogP contribution in [-0.4, -0.2) is 11.1 Å². The Kier molecular flexibility index (Phi) is 3.53. The first-order chi connectivity index (χ1) is 6.93. The van der Waals surface area contributed by atoms with Crippen molar-refractivity contribution in [2.45, 2.75) is 26.2 Å². The number of hydrogen-bond acceptors (Lipinski definition) is 3. The zero-order chi connectivity index (χ0) is 11.5. The van der Waals surface area contributed by atoms with Crippen molar-refractivity contribution in [2.24, 2.45) is 0 Å². The molecule has 0 atom stereocenters. The van der Waals surface area contributed by atoms with Crippen LogP contribution >= 0.6 is 15.9 Å². The Bertz CT molecular complexity index is 421. The van der Waals surface area contributed by atoms with Gasteiger partial charge in [-0.15, -0.1) is 0 Å². The first-order valence-corrected chi connectivity index (χ1v) is 5.12. The van der Waals surface area contributed by atoms with Crippen LogP contribution in [0.1, 0.15) is 26.5 Å². The Hall–Kier alpha value is -1.28. The van der Waals surface area contributed by atoms with E-state index in [4.69, 9.17) is 4.52 Å². The highest BCUT2D eigenvalue weighted by Gasteiger charge is 2.19. The minimum absolute atomic E-state index is 0.104. The van der Waals surface area contributed by atoms with Gasteiger partial charge in [-0.25, -0.2) is 0 Å². The van der Waals surface area contributed by atoms with Crippen molar-refractivity contribution in [1.82, 2.24) is 5.16 Å². The molecule has 15 heavy (non-hydrogen) atoms. The summed E-state index contributed by atoms with van der Waals surface area (Å²) in [5.41, 5.74) is 0.678. The quantitative estimate of drug-likeness (QED) is 0.797. The monoisotopic (exact) mass is 270 g/mol. The van der Waals surface area contributed by atoms with E-state index in [-0.39, 0.29) is 5.41 Å². The Balaban J connectivity index is 2.76. The number of rotatable bonds is 1.